The van der Waals surface area contributed by atoms with Gasteiger partial charge >= 0.3 is 0 Å². The number of nitrogens with one attached hydrogen (secondary N) is 2. The summed E-state index contributed by atoms with van der Waals surface area (Å²) in [6.07, 6.45) is 3.17. The third-order valence-electron chi connectivity index (χ3n) is 7.37. The first-order chi connectivity index (χ1) is 17.1. The van der Waals surface area contributed by atoms with E-state index in [-0.39, 0.29) is 29.5 Å². The summed E-state index contributed by atoms with van der Waals surface area (Å²) in [5, 5.41) is 7.81. The maximum Gasteiger partial charge on any atom is 0.270 e. The summed E-state index contributed by atoms with van der Waals surface area (Å²) in [6.45, 7) is 2.18. The lowest BCUT2D eigenvalue weighted by molar-refractivity contribution is -0.138. The second-order valence-electron chi connectivity index (χ2n) is 9.46. The number of aromatic nitrogens is 3. The number of likely N-dealkylation sites (tertiary alicyclic amines) is 1. The highest BCUT2D eigenvalue weighted by Gasteiger charge is 2.39. The van der Waals surface area contributed by atoms with Crippen LogP contribution in [-0.4, -0.2) is 56.4 Å². The van der Waals surface area contributed by atoms with E-state index in [4.69, 9.17) is 0 Å². The van der Waals surface area contributed by atoms with Gasteiger partial charge in [0.2, 0.25) is 5.91 Å². The van der Waals surface area contributed by atoms with Gasteiger partial charge in [-0.25, -0.2) is 4.39 Å². The van der Waals surface area contributed by atoms with Gasteiger partial charge in [0, 0.05) is 66.6 Å². The SMILES string of the molecule is O=C(c1cc2cc(F)ccc2[nH]1)N1CC[C@@H](C(=O)N2CCc3[nH]ncc3C2)[C@H](c2ccccc2)C1. The number of halogens is 1. The average molecular weight is 472 g/mol. The predicted octanol–water partition coefficient (Wildman–Crippen LogP) is 3.86. The van der Waals surface area contributed by atoms with E-state index in [1.807, 2.05) is 40.1 Å². The van der Waals surface area contributed by atoms with Gasteiger partial charge in [0.25, 0.3) is 5.91 Å². The molecule has 8 heteroatoms. The number of carbonyl (C=O) groups excluding carboxylic acids is 2. The Morgan fingerprint density at radius 2 is 1.89 bits per heavy atom. The van der Waals surface area contributed by atoms with E-state index in [1.165, 1.54) is 12.1 Å². The maximum absolute atomic E-state index is 13.7. The number of piperidine rings is 1. The number of hydrogen-bond donors (Lipinski definition) is 2. The predicted molar refractivity (Wildman–Crippen MR) is 129 cm³/mol. The van der Waals surface area contributed by atoms with Gasteiger partial charge in [-0.1, -0.05) is 30.3 Å². The molecule has 2 aliphatic rings. The molecule has 4 heterocycles. The zero-order valence-corrected chi connectivity index (χ0v) is 19.2. The first kappa shape index (κ1) is 21.6. The minimum Gasteiger partial charge on any atom is -0.351 e. The molecule has 4 aromatic rings. The summed E-state index contributed by atoms with van der Waals surface area (Å²) < 4.78 is 13.6. The summed E-state index contributed by atoms with van der Waals surface area (Å²) in [4.78, 5) is 34.0. The van der Waals surface area contributed by atoms with Crippen molar-refractivity contribution in [2.75, 3.05) is 19.6 Å². The molecular weight excluding hydrogens is 445 g/mol. The Morgan fingerprint density at radius 3 is 2.74 bits per heavy atom. The van der Waals surface area contributed by atoms with E-state index in [1.54, 1.807) is 18.3 Å². The van der Waals surface area contributed by atoms with Crippen molar-refractivity contribution in [3.8, 4) is 0 Å². The van der Waals surface area contributed by atoms with E-state index in [0.717, 1.165) is 28.8 Å². The molecule has 0 aliphatic carbocycles. The van der Waals surface area contributed by atoms with Gasteiger partial charge in [0.05, 0.1) is 6.20 Å². The highest BCUT2D eigenvalue weighted by Crippen LogP contribution is 2.35. The van der Waals surface area contributed by atoms with Crippen molar-refractivity contribution < 1.29 is 14.0 Å². The van der Waals surface area contributed by atoms with Crippen LogP contribution in [0.3, 0.4) is 0 Å². The van der Waals surface area contributed by atoms with Crippen LogP contribution in [0.5, 0.6) is 0 Å². The molecule has 1 fully saturated rings. The van der Waals surface area contributed by atoms with Crippen molar-refractivity contribution in [1.29, 1.82) is 0 Å². The number of rotatable bonds is 3. The summed E-state index contributed by atoms with van der Waals surface area (Å²) in [5.74, 6) is -0.631. The van der Waals surface area contributed by atoms with E-state index < -0.39 is 0 Å². The summed E-state index contributed by atoms with van der Waals surface area (Å²) >= 11 is 0. The number of hydrogen-bond acceptors (Lipinski definition) is 3. The topological polar surface area (TPSA) is 85.1 Å². The molecule has 0 saturated carbocycles. The molecule has 1 saturated heterocycles. The molecule has 2 N–H and O–H groups in total. The Hall–Kier alpha value is -3.94. The molecule has 0 radical (unpaired) electrons. The molecular formula is C27H26FN5O2. The zero-order chi connectivity index (χ0) is 23.9. The Morgan fingerprint density at radius 1 is 1.03 bits per heavy atom. The van der Waals surface area contributed by atoms with Crippen molar-refractivity contribution in [3.05, 3.63) is 89.1 Å². The van der Waals surface area contributed by atoms with E-state index in [9.17, 15) is 14.0 Å². The van der Waals surface area contributed by atoms with Gasteiger partial charge in [0.15, 0.2) is 0 Å². The number of fused-ring (bicyclic) bond motifs is 2. The number of carbonyl (C=O) groups is 2. The minimum absolute atomic E-state index is 0.103. The van der Waals surface area contributed by atoms with Crippen LogP contribution in [0.25, 0.3) is 10.9 Å². The van der Waals surface area contributed by atoms with E-state index in [2.05, 4.69) is 15.2 Å². The standard InChI is InChI=1S/C27H26FN5O2/c28-20-6-7-23-18(12-20)13-25(30-23)27(35)33-10-8-21(22(16-33)17-4-2-1-3-5-17)26(34)32-11-9-24-19(15-32)14-29-31-24/h1-7,12-14,21-22,30H,8-11,15-16H2,(H,29,31)/t21-,22+/m1/s1. The normalized spacial score (nSPS) is 20.1. The van der Waals surface area contributed by atoms with Gasteiger partial charge in [-0.15, -0.1) is 0 Å². The van der Waals surface area contributed by atoms with E-state index >= 15 is 0 Å². The molecule has 7 nitrogen and oxygen atoms in total. The third-order valence-corrected chi connectivity index (χ3v) is 7.37. The van der Waals surface area contributed by atoms with Crippen LogP contribution in [-0.2, 0) is 17.8 Å². The second-order valence-corrected chi connectivity index (χ2v) is 9.46. The number of benzene rings is 2. The summed E-state index contributed by atoms with van der Waals surface area (Å²) in [5.41, 5.74) is 4.40. The van der Waals surface area contributed by atoms with Gasteiger partial charge in [0.1, 0.15) is 11.5 Å². The van der Waals surface area contributed by atoms with Crippen LogP contribution in [0.4, 0.5) is 4.39 Å². The molecule has 0 unspecified atom stereocenters. The quantitative estimate of drug-likeness (QED) is 0.476. The fourth-order valence-corrected chi connectivity index (χ4v) is 5.50. The Bertz CT molecular complexity index is 1400. The maximum atomic E-state index is 13.7. The van der Waals surface area contributed by atoms with Crippen LogP contribution in [0.1, 0.15) is 39.6 Å². The molecule has 2 aliphatic heterocycles. The fraction of sp³-hybridized carbons (Fsp3) is 0.296. The molecule has 2 aromatic carbocycles. The molecule has 178 valence electrons. The lowest BCUT2D eigenvalue weighted by atomic mass is 9.79. The monoisotopic (exact) mass is 471 g/mol. The lowest BCUT2D eigenvalue weighted by Crippen LogP contribution is -2.49. The van der Waals surface area contributed by atoms with Crippen molar-refractivity contribution >= 4 is 22.7 Å². The minimum atomic E-state index is -0.334. The van der Waals surface area contributed by atoms with Crippen LogP contribution >= 0.6 is 0 Å². The van der Waals surface area contributed by atoms with Gasteiger partial charge < -0.3 is 14.8 Å². The zero-order valence-electron chi connectivity index (χ0n) is 19.2. The molecule has 6 rings (SSSR count). The third kappa shape index (κ3) is 3.99. The fourth-order valence-electron chi connectivity index (χ4n) is 5.50. The van der Waals surface area contributed by atoms with Gasteiger partial charge in [-0.2, -0.15) is 5.10 Å². The number of H-pyrrole nitrogens is 2. The van der Waals surface area contributed by atoms with Crippen molar-refractivity contribution in [2.45, 2.75) is 25.3 Å². The first-order valence-corrected chi connectivity index (χ1v) is 12.0. The number of amides is 2. The van der Waals surface area contributed by atoms with Crippen molar-refractivity contribution in [3.63, 3.8) is 0 Å². The van der Waals surface area contributed by atoms with Crippen LogP contribution in [0.15, 0.2) is 60.8 Å². The summed E-state index contributed by atoms with van der Waals surface area (Å²) in [7, 11) is 0. The molecule has 2 aromatic heterocycles. The highest BCUT2D eigenvalue weighted by molar-refractivity contribution is 5.98. The van der Waals surface area contributed by atoms with Crippen LogP contribution in [0, 0.1) is 11.7 Å². The molecule has 0 spiro atoms. The summed E-state index contributed by atoms with van der Waals surface area (Å²) in [6, 6.07) is 16.1. The Balaban J connectivity index is 1.25. The Kier molecular flexibility index (Phi) is 5.36. The lowest BCUT2D eigenvalue weighted by Gasteiger charge is -2.40. The smallest absolute Gasteiger partial charge is 0.270 e. The van der Waals surface area contributed by atoms with Crippen LogP contribution in [0.2, 0.25) is 0 Å². The van der Waals surface area contributed by atoms with Crippen molar-refractivity contribution in [2.24, 2.45) is 5.92 Å². The first-order valence-electron chi connectivity index (χ1n) is 12.0. The molecule has 35 heavy (non-hydrogen) atoms. The van der Waals surface area contributed by atoms with Crippen molar-refractivity contribution in [1.82, 2.24) is 25.0 Å². The highest BCUT2D eigenvalue weighted by atomic mass is 19.1. The average Bonchev–Trinajstić information content (AvgIpc) is 3.54. The Labute approximate surface area is 201 Å². The molecule has 0 bridgehead atoms. The largest absolute Gasteiger partial charge is 0.351 e. The number of aromatic amines is 2. The van der Waals surface area contributed by atoms with Crippen LogP contribution < -0.4 is 0 Å². The van der Waals surface area contributed by atoms with Gasteiger partial charge in [-0.05, 0) is 36.2 Å². The van der Waals surface area contributed by atoms with E-state index in [0.29, 0.717) is 43.7 Å². The van der Waals surface area contributed by atoms with Gasteiger partial charge in [-0.3, -0.25) is 14.7 Å². The number of nitrogens with zero attached hydrogens (tertiary/aromatic N) is 3. The second kappa shape index (κ2) is 8.69. The molecule has 2 atom stereocenters. The molecule has 2 amide bonds.